The number of carbonyl (C=O) groups is 1. The summed E-state index contributed by atoms with van der Waals surface area (Å²) >= 11 is 0. The second kappa shape index (κ2) is 10.2. The Bertz CT molecular complexity index is 681. The van der Waals surface area contributed by atoms with Gasteiger partial charge < -0.3 is 4.90 Å². The van der Waals surface area contributed by atoms with Crippen LogP contribution in [0, 0.1) is 0 Å². The van der Waals surface area contributed by atoms with Crippen molar-refractivity contribution in [3.8, 4) is 0 Å². The molecule has 4 nitrogen and oxygen atoms in total. The largest absolute Gasteiger partial charge is 0.340 e. The lowest BCUT2D eigenvalue weighted by Gasteiger charge is -2.35. The highest BCUT2D eigenvalue weighted by molar-refractivity contribution is 5.76. The molecule has 1 fully saturated rings. The minimum absolute atomic E-state index is 0.292. The fourth-order valence-electron chi connectivity index (χ4n) is 3.60. The van der Waals surface area contributed by atoms with Gasteiger partial charge in [-0.2, -0.15) is 0 Å². The van der Waals surface area contributed by atoms with Gasteiger partial charge in [-0.05, 0) is 17.7 Å². The van der Waals surface area contributed by atoms with Crippen molar-refractivity contribution in [2.24, 2.45) is 0 Å². The molecule has 0 bridgehead atoms. The van der Waals surface area contributed by atoms with Crippen molar-refractivity contribution < 1.29 is 4.79 Å². The number of nitrogens with zero attached hydrogens (tertiary/aromatic N) is 3. The molecule has 0 unspecified atom stereocenters. The van der Waals surface area contributed by atoms with E-state index >= 15 is 0 Å². The van der Waals surface area contributed by atoms with E-state index in [0.717, 1.165) is 52.4 Å². The zero-order chi connectivity index (χ0) is 18.9. The standard InChI is InChI=1S/C23H31N3O/c1-2-24(19-21-9-5-3-6-10-21)14-13-23(27)26-17-15-25(16-18-26)20-22-11-7-4-8-12-22/h3-12H,2,13-20H2,1H3. The van der Waals surface area contributed by atoms with Crippen LogP contribution in [0.1, 0.15) is 24.5 Å². The Labute approximate surface area is 163 Å². The Morgan fingerprint density at radius 1 is 0.889 bits per heavy atom. The average Bonchev–Trinajstić information content (AvgIpc) is 2.73. The van der Waals surface area contributed by atoms with Gasteiger partial charge in [-0.3, -0.25) is 14.6 Å². The van der Waals surface area contributed by atoms with Crippen molar-refractivity contribution in [2.45, 2.75) is 26.4 Å². The summed E-state index contributed by atoms with van der Waals surface area (Å²) in [5.41, 5.74) is 2.65. The first-order valence-corrected chi connectivity index (χ1v) is 10.0. The maximum absolute atomic E-state index is 12.6. The first-order valence-electron chi connectivity index (χ1n) is 10.0. The van der Waals surface area contributed by atoms with E-state index in [9.17, 15) is 4.79 Å². The summed E-state index contributed by atoms with van der Waals surface area (Å²) in [7, 11) is 0. The number of piperazine rings is 1. The van der Waals surface area contributed by atoms with Gasteiger partial charge in [0, 0.05) is 52.2 Å². The molecule has 2 aromatic rings. The van der Waals surface area contributed by atoms with Gasteiger partial charge in [0.25, 0.3) is 0 Å². The molecule has 0 saturated carbocycles. The molecule has 1 amide bonds. The van der Waals surface area contributed by atoms with Gasteiger partial charge in [-0.25, -0.2) is 0 Å². The summed E-state index contributed by atoms with van der Waals surface area (Å²) in [5.74, 6) is 0.292. The Hall–Kier alpha value is -2.17. The van der Waals surface area contributed by atoms with E-state index in [4.69, 9.17) is 0 Å². The summed E-state index contributed by atoms with van der Waals surface area (Å²) in [5, 5.41) is 0. The van der Waals surface area contributed by atoms with Crippen molar-refractivity contribution in [3.05, 3.63) is 71.8 Å². The summed E-state index contributed by atoms with van der Waals surface area (Å²) in [6.45, 7) is 9.45. The van der Waals surface area contributed by atoms with Crippen LogP contribution in [0.2, 0.25) is 0 Å². The fraction of sp³-hybridized carbons (Fsp3) is 0.435. The molecule has 144 valence electrons. The van der Waals surface area contributed by atoms with Crippen molar-refractivity contribution >= 4 is 5.91 Å². The van der Waals surface area contributed by atoms with E-state index < -0.39 is 0 Å². The Balaban J connectivity index is 1.40. The highest BCUT2D eigenvalue weighted by Gasteiger charge is 2.21. The molecule has 0 spiro atoms. The second-order valence-electron chi connectivity index (χ2n) is 7.25. The van der Waals surface area contributed by atoms with Crippen LogP contribution < -0.4 is 0 Å². The maximum atomic E-state index is 12.6. The van der Waals surface area contributed by atoms with E-state index in [1.54, 1.807) is 0 Å². The lowest BCUT2D eigenvalue weighted by atomic mass is 10.2. The third-order valence-electron chi connectivity index (χ3n) is 5.31. The SMILES string of the molecule is CCN(CCC(=O)N1CCN(Cc2ccccc2)CC1)Cc1ccccc1. The molecule has 0 N–H and O–H groups in total. The van der Waals surface area contributed by atoms with Gasteiger partial charge in [-0.15, -0.1) is 0 Å². The molecule has 0 radical (unpaired) electrons. The molecule has 0 aliphatic carbocycles. The van der Waals surface area contributed by atoms with Crippen LogP contribution in [0.4, 0.5) is 0 Å². The number of rotatable bonds is 8. The highest BCUT2D eigenvalue weighted by atomic mass is 16.2. The van der Waals surface area contributed by atoms with Crippen LogP contribution in [0.3, 0.4) is 0 Å². The number of carbonyl (C=O) groups excluding carboxylic acids is 1. The van der Waals surface area contributed by atoms with Crippen molar-refractivity contribution in [1.82, 2.24) is 14.7 Å². The molecule has 0 atom stereocenters. The molecule has 1 saturated heterocycles. The summed E-state index contributed by atoms with van der Waals surface area (Å²) in [4.78, 5) is 19.4. The molecule has 0 aromatic heterocycles. The molecule has 1 heterocycles. The molecule has 4 heteroatoms. The Kier molecular flexibility index (Phi) is 7.43. The zero-order valence-electron chi connectivity index (χ0n) is 16.4. The monoisotopic (exact) mass is 365 g/mol. The number of hydrogen-bond donors (Lipinski definition) is 0. The highest BCUT2D eigenvalue weighted by Crippen LogP contribution is 2.10. The molecular weight excluding hydrogens is 334 g/mol. The van der Waals surface area contributed by atoms with E-state index in [1.165, 1.54) is 11.1 Å². The van der Waals surface area contributed by atoms with Gasteiger partial charge in [0.15, 0.2) is 0 Å². The Morgan fingerprint density at radius 2 is 1.48 bits per heavy atom. The molecular formula is C23H31N3O. The van der Waals surface area contributed by atoms with E-state index in [1.807, 2.05) is 11.0 Å². The minimum Gasteiger partial charge on any atom is -0.340 e. The quantitative estimate of drug-likeness (QED) is 0.718. The normalized spacial score (nSPS) is 15.3. The van der Waals surface area contributed by atoms with Crippen molar-refractivity contribution in [2.75, 3.05) is 39.3 Å². The van der Waals surface area contributed by atoms with Crippen LogP contribution in [-0.4, -0.2) is 59.9 Å². The topological polar surface area (TPSA) is 26.8 Å². The van der Waals surface area contributed by atoms with Gasteiger partial charge in [0.1, 0.15) is 0 Å². The van der Waals surface area contributed by atoms with E-state index in [2.05, 4.69) is 71.3 Å². The third kappa shape index (κ3) is 6.19. The van der Waals surface area contributed by atoms with Gasteiger partial charge in [-0.1, -0.05) is 67.6 Å². The lowest BCUT2D eigenvalue weighted by molar-refractivity contribution is -0.133. The van der Waals surface area contributed by atoms with Gasteiger partial charge in [0.2, 0.25) is 5.91 Å². The Morgan fingerprint density at radius 3 is 2.07 bits per heavy atom. The summed E-state index contributed by atoms with van der Waals surface area (Å²) in [6, 6.07) is 21.1. The summed E-state index contributed by atoms with van der Waals surface area (Å²) < 4.78 is 0. The minimum atomic E-state index is 0.292. The molecule has 3 rings (SSSR count). The van der Waals surface area contributed by atoms with Crippen molar-refractivity contribution in [1.29, 1.82) is 0 Å². The first-order chi connectivity index (χ1) is 13.2. The average molecular weight is 366 g/mol. The van der Waals surface area contributed by atoms with Gasteiger partial charge >= 0.3 is 0 Å². The van der Waals surface area contributed by atoms with Crippen LogP contribution >= 0.6 is 0 Å². The smallest absolute Gasteiger partial charge is 0.223 e. The summed E-state index contributed by atoms with van der Waals surface area (Å²) in [6.07, 6.45) is 0.610. The molecule has 27 heavy (non-hydrogen) atoms. The predicted octanol–water partition coefficient (Wildman–Crippen LogP) is 3.24. The number of benzene rings is 2. The van der Waals surface area contributed by atoms with Crippen molar-refractivity contribution in [3.63, 3.8) is 0 Å². The fourth-order valence-corrected chi connectivity index (χ4v) is 3.60. The van der Waals surface area contributed by atoms with Crippen LogP contribution in [-0.2, 0) is 17.9 Å². The first kappa shape index (κ1) is 19.6. The molecule has 1 aliphatic heterocycles. The van der Waals surface area contributed by atoms with Crippen LogP contribution in [0.15, 0.2) is 60.7 Å². The van der Waals surface area contributed by atoms with E-state index in [0.29, 0.717) is 12.3 Å². The molecule has 1 aliphatic rings. The number of amides is 1. The maximum Gasteiger partial charge on any atom is 0.223 e. The predicted molar refractivity (Wildman–Crippen MR) is 110 cm³/mol. The van der Waals surface area contributed by atoms with E-state index in [-0.39, 0.29) is 0 Å². The number of hydrogen-bond acceptors (Lipinski definition) is 3. The van der Waals surface area contributed by atoms with Gasteiger partial charge in [0.05, 0.1) is 0 Å². The van der Waals surface area contributed by atoms with Crippen LogP contribution in [0.25, 0.3) is 0 Å². The second-order valence-corrected chi connectivity index (χ2v) is 7.25. The van der Waals surface area contributed by atoms with Crippen LogP contribution in [0.5, 0.6) is 0 Å². The lowest BCUT2D eigenvalue weighted by Crippen LogP contribution is -2.48. The zero-order valence-corrected chi connectivity index (χ0v) is 16.4. The third-order valence-corrected chi connectivity index (χ3v) is 5.31. The molecule has 2 aromatic carbocycles.